The highest BCUT2D eigenvalue weighted by Gasteiger charge is 2.20. The molecule has 3 aromatic heterocycles. The summed E-state index contributed by atoms with van der Waals surface area (Å²) < 4.78 is 3.94. The van der Waals surface area contributed by atoms with E-state index in [2.05, 4.69) is 299 Å². The van der Waals surface area contributed by atoms with Gasteiger partial charge in [-0.25, -0.2) is 9.36 Å². The van der Waals surface area contributed by atoms with E-state index in [0.29, 0.717) is 0 Å². The highest BCUT2D eigenvalue weighted by Crippen LogP contribution is 2.45. The zero-order valence-electron chi connectivity index (χ0n) is 46.5. The number of aryl methyl sites for hydroxylation is 2. The first-order valence-corrected chi connectivity index (χ1v) is 28.6. The molecule has 0 aliphatic carbocycles. The van der Waals surface area contributed by atoms with Gasteiger partial charge in [0.05, 0.1) is 28.1 Å². The van der Waals surface area contributed by atoms with Gasteiger partial charge >= 0.3 is 0 Å². The minimum atomic E-state index is 0.965. The van der Waals surface area contributed by atoms with Crippen LogP contribution in [-0.2, 0) is 0 Å². The average Bonchev–Trinajstić information content (AvgIpc) is 2.70. The molecule has 0 spiro atoms. The van der Waals surface area contributed by atoms with Crippen molar-refractivity contribution in [1.82, 2.24) is 24.5 Å². The fourth-order valence-corrected chi connectivity index (χ4v) is 12.1. The predicted molar refractivity (Wildman–Crippen MR) is 349 cm³/mol. The van der Waals surface area contributed by atoms with Gasteiger partial charge in [0.1, 0.15) is 0 Å². The number of nitrogens with zero attached hydrogens (tertiary/aromatic N) is 5. The van der Waals surface area contributed by atoms with Crippen LogP contribution < -0.4 is 0 Å². The first-order chi connectivity index (χ1) is 41.4. The van der Waals surface area contributed by atoms with Crippen molar-refractivity contribution in [3.05, 3.63) is 309 Å². The number of hydrogen-bond donors (Lipinski definition) is 0. The van der Waals surface area contributed by atoms with Gasteiger partial charge in [0.25, 0.3) is 0 Å². The fourth-order valence-electron chi connectivity index (χ4n) is 12.1. The summed E-state index contributed by atoms with van der Waals surface area (Å²) in [6, 6.07) is 101. The lowest BCUT2D eigenvalue weighted by molar-refractivity contribution is 0.896. The van der Waals surface area contributed by atoms with Gasteiger partial charge in [-0.05, 0) is 181 Å². The van der Waals surface area contributed by atoms with Crippen LogP contribution >= 0.6 is 0 Å². The third-order valence-corrected chi connectivity index (χ3v) is 16.6. The highest BCUT2D eigenvalue weighted by atomic mass is 15.3. The average molecular weight is 1070 g/mol. The standard InChI is InChI=1S/C79H55N5/c1-52-43-74-75(44-53(52)2)79(60-22-16-21-59(45-60)56-33-31-55(32-34-56)54-17-4-3-5-18-54)80-49-76(74)73-28-13-12-27-72(73)65-47-63(70-25-10-8-23-68(70)57-35-39-66(40-36-57)83-50-61-19-6-14-29-77(61)81-83)46-64(48-65)71-26-11-9-24-69(71)58-37-41-67(42-38-58)84-51-62-20-7-15-30-78(62)82-84/h3-51H,1-2H3. The predicted octanol–water partition coefficient (Wildman–Crippen LogP) is 20.5. The van der Waals surface area contributed by atoms with Crippen LogP contribution in [0.5, 0.6) is 0 Å². The zero-order chi connectivity index (χ0) is 56.1. The molecule has 0 amide bonds. The fraction of sp³-hybridized carbons (Fsp3) is 0.0253. The van der Waals surface area contributed by atoms with Crippen LogP contribution in [0.3, 0.4) is 0 Å². The summed E-state index contributed by atoms with van der Waals surface area (Å²) in [7, 11) is 0. The van der Waals surface area contributed by atoms with Crippen LogP contribution in [0.1, 0.15) is 11.1 Å². The number of benzene rings is 12. The number of aromatic nitrogens is 5. The van der Waals surface area contributed by atoms with Gasteiger partial charge in [-0.3, -0.25) is 4.98 Å². The minimum absolute atomic E-state index is 0.965. The molecule has 84 heavy (non-hydrogen) atoms. The second-order valence-corrected chi connectivity index (χ2v) is 21.8. The van der Waals surface area contributed by atoms with Crippen molar-refractivity contribution in [2.24, 2.45) is 0 Å². The Balaban J connectivity index is 0.861. The lowest BCUT2D eigenvalue weighted by Crippen LogP contribution is -1.96. The summed E-state index contributed by atoms with van der Waals surface area (Å²) >= 11 is 0. The van der Waals surface area contributed by atoms with Crippen molar-refractivity contribution < 1.29 is 0 Å². The van der Waals surface area contributed by atoms with Gasteiger partial charge in [-0.2, -0.15) is 10.2 Å². The van der Waals surface area contributed by atoms with Gasteiger partial charge in [-0.1, -0.05) is 212 Å². The molecule has 15 rings (SSSR count). The number of pyridine rings is 1. The molecule has 0 radical (unpaired) electrons. The molecule has 0 unspecified atom stereocenters. The molecule has 0 aliphatic heterocycles. The molecule has 0 saturated carbocycles. The molecule has 0 saturated heterocycles. The summed E-state index contributed by atoms with van der Waals surface area (Å²) in [6.07, 6.45) is 6.29. The van der Waals surface area contributed by atoms with E-state index in [1.807, 2.05) is 21.5 Å². The molecular formula is C79H55N5. The first-order valence-electron chi connectivity index (χ1n) is 28.6. The second kappa shape index (κ2) is 21.1. The van der Waals surface area contributed by atoms with E-state index in [1.165, 1.54) is 33.2 Å². The van der Waals surface area contributed by atoms with Crippen molar-refractivity contribution >= 4 is 32.6 Å². The monoisotopic (exact) mass is 1070 g/mol. The Kier molecular flexibility index (Phi) is 12.6. The van der Waals surface area contributed by atoms with Crippen LogP contribution in [-0.4, -0.2) is 24.5 Å². The summed E-state index contributed by atoms with van der Waals surface area (Å²) in [5.41, 5.74) is 26.7. The Bertz CT molecular complexity index is 4710. The second-order valence-electron chi connectivity index (χ2n) is 21.8. The summed E-state index contributed by atoms with van der Waals surface area (Å²) in [6.45, 7) is 4.42. The smallest absolute Gasteiger partial charge is 0.0927 e. The van der Waals surface area contributed by atoms with Crippen molar-refractivity contribution in [3.63, 3.8) is 0 Å². The van der Waals surface area contributed by atoms with E-state index in [9.17, 15) is 0 Å². The van der Waals surface area contributed by atoms with Crippen LogP contribution in [0.4, 0.5) is 0 Å². The van der Waals surface area contributed by atoms with Gasteiger partial charge in [-0.15, -0.1) is 0 Å². The molecular weight excluding hydrogens is 1020 g/mol. The quantitative estimate of drug-likeness (QED) is 0.130. The van der Waals surface area contributed by atoms with Crippen LogP contribution in [0, 0.1) is 13.8 Å². The van der Waals surface area contributed by atoms with Crippen molar-refractivity contribution in [2.45, 2.75) is 13.8 Å². The summed E-state index contributed by atoms with van der Waals surface area (Å²) in [4.78, 5) is 5.43. The lowest BCUT2D eigenvalue weighted by Gasteiger charge is -2.19. The minimum Gasteiger partial charge on any atom is -0.255 e. The Hall–Kier alpha value is -11.0. The van der Waals surface area contributed by atoms with Gasteiger partial charge in [0.15, 0.2) is 0 Å². The Morgan fingerprint density at radius 2 is 0.631 bits per heavy atom. The van der Waals surface area contributed by atoms with Crippen molar-refractivity contribution in [2.75, 3.05) is 0 Å². The third kappa shape index (κ3) is 9.34. The zero-order valence-corrected chi connectivity index (χ0v) is 46.5. The van der Waals surface area contributed by atoms with Crippen LogP contribution in [0.2, 0.25) is 0 Å². The molecule has 0 N–H and O–H groups in total. The van der Waals surface area contributed by atoms with Gasteiger partial charge in [0, 0.05) is 45.9 Å². The topological polar surface area (TPSA) is 48.5 Å². The number of hydrogen-bond acceptors (Lipinski definition) is 3. The summed E-state index contributed by atoms with van der Waals surface area (Å²) in [5.74, 6) is 0. The maximum Gasteiger partial charge on any atom is 0.0927 e. The first kappa shape index (κ1) is 50.0. The Morgan fingerprint density at radius 3 is 1.14 bits per heavy atom. The maximum absolute atomic E-state index is 5.43. The molecule has 0 aliphatic rings. The Labute approximate surface area is 488 Å². The van der Waals surface area contributed by atoms with E-state index >= 15 is 0 Å². The summed E-state index contributed by atoms with van der Waals surface area (Å²) in [5, 5.41) is 14.3. The number of fused-ring (bicyclic) bond motifs is 3. The lowest BCUT2D eigenvalue weighted by atomic mass is 9.85. The van der Waals surface area contributed by atoms with E-state index in [-0.39, 0.29) is 0 Å². The molecule has 0 bridgehead atoms. The molecule has 396 valence electrons. The maximum atomic E-state index is 5.43. The van der Waals surface area contributed by atoms with E-state index in [1.54, 1.807) is 0 Å². The van der Waals surface area contributed by atoms with E-state index < -0.39 is 0 Å². The molecule has 15 aromatic rings. The molecule has 0 atom stereocenters. The normalized spacial score (nSPS) is 11.5. The van der Waals surface area contributed by atoms with Gasteiger partial charge in [0.2, 0.25) is 0 Å². The molecule has 12 aromatic carbocycles. The molecule has 3 heterocycles. The van der Waals surface area contributed by atoms with Gasteiger partial charge < -0.3 is 0 Å². The number of rotatable bonds is 11. The van der Waals surface area contributed by atoms with Crippen LogP contribution in [0.25, 0.3) is 144 Å². The SMILES string of the molecule is Cc1cc2c(-c3ccccc3-c3cc(-c4ccccc4-c4ccc(-n5cc6ccccc6n5)cc4)cc(-c4ccccc4-c4ccc(-n5cc6ccccc6n5)cc4)c3)cnc(-c3cccc(-c4ccc(-c5ccccc5)cc4)c3)c2cc1C. The van der Waals surface area contributed by atoms with E-state index in [4.69, 9.17) is 15.2 Å². The molecule has 5 nitrogen and oxygen atoms in total. The molecule has 0 fully saturated rings. The highest BCUT2D eigenvalue weighted by molar-refractivity contribution is 6.07. The van der Waals surface area contributed by atoms with E-state index in [0.717, 1.165) is 122 Å². The third-order valence-electron chi connectivity index (χ3n) is 16.6. The molecule has 5 heteroatoms. The van der Waals surface area contributed by atoms with Crippen molar-refractivity contribution in [3.8, 4) is 112 Å². The van der Waals surface area contributed by atoms with Crippen molar-refractivity contribution in [1.29, 1.82) is 0 Å². The Morgan fingerprint density at radius 1 is 0.262 bits per heavy atom. The van der Waals surface area contributed by atoms with Crippen LogP contribution in [0.15, 0.2) is 298 Å². The largest absolute Gasteiger partial charge is 0.255 e.